The van der Waals surface area contributed by atoms with Crippen LogP contribution in [0.15, 0.2) is 17.3 Å². The van der Waals surface area contributed by atoms with Crippen LogP contribution in [0.1, 0.15) is 55.6 Å². The number of halogens is 3. The predicted molar refractivity (Wildman–Crippen MR) is 102 cm³/mol. The zero-order chi connectivity index (χ0) is 21.8. The minimum atomic E-state index is -4.47. The first-order valence-electron chi connectivity index (χ1n) is 9.15. The number of ether oxygens (including phenoxy) is 1. The van der Waals surface area contributed by atoms with Crippen LogP contribution in [0, 0.1) is 5.41 Å². The fraction of sp³-hybridized carbons (Fsp3) is 0.611. The molecule has 1 amide bonds. The molecule has 0 bridgehead atoms. The van der Waals surface area contributed by atoms with Crippen molar-refractivity contribution in [3.63, 3.8) is 0 Å². The molecule has 1 fully saturated rings. The number of hydrazine groups is 2. The van der Waals surface area contributed by atoms with Crippen LogP contribution >= 0.6 is 0 Å². The van der Waals surface area contributed by atoms with Crippen molar-refractivity contribution < 1.29 is 22.7 Å². The lowest BCUT2D eigenvalue weighted by molar-refractivity contribution is -0.153. The zero-order valence-corrected chi connectivity index (χ0v) is 16.9. The van der Waals surface area contributed by atoms with Gasteiger partial charge in [0.1, 0.15) is 17.3 Å². The average molecular weight is 416 g/mol. The number of alkyl halides is 3. The predicted octanol–water partition coefficient (Wildman–Crippen LogP) is 2.04. The number of rotatable bonds is 7. The Morgan fingerprint density at radius 1 is 1.38 bits per heavy atom. The number of nitrogens with one attached hydrogen (secondary N) is 3. The van der Waals surface area contributed by atoms with E-state index in [0.29, 0.717) is 11.4 Å². The standard InChI is InChI=1S/C18H27F3N6O2/c1-17(2,3)14(15(23-4)26-27-22)25-16(28)12-7-13(29-9-18(19,20)21)11(8-24-12)10-5-6-10/h7-8,10,14,27H,5-6,9,22H2,1-4H3,(H,23,26)(H,25,28). The van der Waals surface area contributed by atoms with Gasteiger partial charge in [0.05, 0.1) is 6.04 Å². The quantitative estimate of drug-likeness (QED) is 0.234. The summed E-state index contributed by atoms with van der Waals surface area (Å²) in [6.45, 7) is 4.25. The van der Waals surface area contributed by atoms with E-state index in [2.05, 4.69) is 26.3 Å². The summed E-state index contributed by atoms with van der Waals surface area (Å²) in [6, 6.07) is 0.687. The lowest BCUT2D eigenvalue weighted by Gasteiger charge is -2.32. The Morgan fingerprint density at radius 3 is 2.52 bits per heavy atom. The third-order valence-corrected chi connectivity index (χ3v) is 4.39. The third kappa shape index (κ3) is 6.57. The van der Waals surface area contributed by atoms with Crippen LogP contribution in [0.4, 0.5) is 13.2 Å². The summed E-state index contributed by atoms with van der Waals surface area (Å²) < 4.78 is 42.8. The number of nitrogens with two attached hydrogens (primary N) is 1. The second kappa shape index (κ2) is 8.95. The van der Waals surface area contributed by atoms with Crippen molar-refractivity contribution in [2.75, 3.05) is 13.7 Å². The minimum Gasteiger partial charge on any atom is -0.484 e. The Bertz CT molecular complexity index is 757. The van der Waals surface area contributed by atoms with Crippen molar-refractivity contribution >= 4 is 11.7 Å². The number of nitrogens with zero attached hydrogens (tertiary/aromatic N) is 2. The summed E-state index contributed by atoms with van der Waals surface area (Å²) in [7, 11) is 1.54. The molecule has 1 aromatic heterocycles. The van der Waals surface area contributed by atoms with Gasteiger partial charge in [-0.05, 0) is 24.2 Å². The number of carbonyl (C=O) groups is 1. The van der Waals surface area contributed by atoms with E-state index in [1.165, 1.54) is 19.3 Å². The van der Waals surface area contributed by atoms with Gasteiger partial charge in [0.2, 0.25) is 0 Å². The Morgan fingerprint density at radius 2 is 2.03 bits per heavy atom. The monoisotopic (exact) mass is 416 g/mol. The third-order valence-electron chi connectivity index (χ3n) is 4.39. The van der Waals surface area contributed by atoms with Gasteiger partial charge in [-0.2, -0.15) is 18.7 Å². The summed E-state index contributed by atoms with van der Waals surface area (Å²) in [5.41, 5.74) is 5.04. The molecule has 2 rings (SSSR count). The molecule has 0 aliphatic heterocycles. The summed E-state index contributed by atoms with van der Waals surface area (Å²) >= 11 is 0. The zero-order valence-electron chi connectivity index (χ0n) is 16.9. The molecule has 0 saturated heterocycles. The Labute approximate surface area is 167 Å². The molecule has 1 heterocycles. The van der Waals surface area contributed by atoms with Crippen molar-refractivity contribution in [1.82, 2.24) is 21.3 Å². The molecule has 0 radical (unpaired) electrons. The number of hydrogen-bond acceptors (Lipinski definition) is 6. The number of amides is 1. The van der Waals surface area contributed by atoms with Crippen LogP contribution in [-0.2, 0) is 0 Å². The van der Waals surface area contributed by atoms with Crippen molar-refractivity contribution in [2.45, 2.75) is 51.7 Å². The molecule has 8 nitrogen and oxygen atoms in total. The molecular formula is C18H27F3N6O2. The maximum atomic E-state index is 12.8. The Hall–Kier alpha value is -2.40. The summed E-state index contributed by atoms with van der Waals surface area (Å²) in [4.78, 5) is 21.0. The molecule has 1 unspecified atom stereocenters. The molecule has 29 heavy (non-hydrogen) atoms. The highest BCUT2D eigenvalue weighted by Crippen LogP contribution is 2.44. The number of hydrogen-bond donors (Lipinski definition) is 4. The molecule has 0 aromatic carbocycles. The molecule has 1 atom stereocenters. The second-order valence-electron chi connectivity index (χ2n) is 7.94. The molecule has 5 N–H and O–H groups in total. The van der Waals surface area contributed by atoms with Gasteiger partial charge in [0.15, 0.2) is 6.61 Å². The van der Waals surface area contributed by atoms with Crippen molar-refractivity contribution in [1.29, 1.82) is 0 Å². The van der Waals surface area contributed by atoms with Crippen molar-refractivity contribution in [3.05, 3.63) is 23.5 Å². The van der Waals surface area contributed by atoms with Crippen molar-refractivity contribution in [2.24, 2.45) is 16.3 Å². The van der Waals surface area contributed by atoms with Gasteiger partial charge < -0.3 is 10.1 Å². The normalized spacial score (nSPS) is 16.3. The lowest BCUT2D eigenvalue weighted by Crippen LogP contribution is -2.57. The number of aliphatic imine (C=N–C) groups is 1. The first-order valence-corrected chi connectivity index (χ1v) is 9.15. The maximum absolute atomic E-state index is 12.8. The fourth-order valence-corrected chi connectivity index (χ4v) is 2.79. The smallest absolute Gasteiger partial charge is 0.422 e. The van der Waals surface area contributed by atoms with Gasteiger partial charge in [0.25, 0.3) is 5.91 Å². The number of amidine groups is 1. The molecule has 11 heteroatoms. The van der Waals surface area contributed by atoms with Crippen LogP contribution < -0.4 is 26.9 Å². The highest BCUT2D eigenvalue weighted by molar-refractivity contribution is 5.98. The molecule has 1 aliphatic rings. The lowest BCUT2D eigenvalue weighted by atomic mass is 9.85. The molecule has 1 aromatic rings. The van der Waals surface area contributed by atoms with E-state index in [4.69, 9.17) is 10.6 Å². The fourth-order valence-electron chi connectivity index (χ4n) is 2.79. The second-order valence-corrected chi connectivity index (χ2v) is 7.94. The highest BCUT2D eigenvalue weighted by Gasteiger charge is 2.34. The van der Waals surface area contributed by atoms with Gasteiger partial charge >= 0.3 is 6.18 Å². The average Bonchev–Trinajstić information content (AvgIpc) is 3.46. The SMILES string of the molecule is CN=C(NNN)C(NC(=O)c1cc(OCC(F)(F)F)c(C2CC2)cn1)C(C)(C)C. The van der Waals surface area contributed by atoms with Crippen LogP contribution in [-0.4, -0.2) is 42.6 Å². The van der Waals surface area contributed by atoms with Gasteiger partial charge in [-0.3, -0.25) is 26.0 Å². The Balaban J connectivity index is 2.26. The van der Waals surface area contributed by atoms with E-state index in [1.54, 1.807) is 0 Å². The summed E-state index contributed by atoms with van der Waals surface area (Å²) in [5, 5.41) is 2.80. The van der Waals surface area contributed by atoms with E-state index in [0.717, 1.165) is 12.8 Å². The van der Waals surface area contributed by atoms with Gasteiger partial charge in [-0.25, -0.2) is 0 Å². The topological polar surface area (TPSA) is 114 Å². The molecule has 162 valence electrons. The van der Waals surface area contributed by atoms with Gasteiger partial charge in [-0.1, -0.05) is 20.8 Å². The maximum Gasteiger partial charge on any atom is 0.422 e. The van der Waals surface area contributed by atoms with Crippen LogP contribution in [0.3, 0.4) is 0 Å². The number of carbonyl (C=O) groups excluding carboxylic acids is 1. The molecular weight excluding hydrogens is 389 g/mol. The van der Waals surface area contributed by atoms with Crippen molar-refractivity contribution in [3.8, 4) is 5.75 Å². The number of pyridine rings is 1. The Kier molecular flexibility index (Phi) is 7.06. The van der Waals surface area contributed by atoms with Crippen LogP contribution in [0.2, 0.25) is 0 Å². The molecule has 1 aliphatic carbocycles. The van der Waals surface area contributed by atoms with E-state index in [-0.39, 0.29) is 17.4 Å². The van der Waals surface area contributed by atoms with Crippen LogP contribution in [0.5, 0.6) is 5.75 Å². The van der Waals surface area contributed by atoms with Gasteiger partial charge in [-0.15, -0.1) is 0 Å². The van der Waals surface area contributed by atoms with E-state index >= 15 is 0 Å². The van der Waals surface area contributed by atoms with Gasteiger partial charge in [0, 0.05) is 24.9 Å². The first-order chi connectivity index (χ1) is 13.5. The van der Waals surface area contributed by atoms with E-state index < -0.39 is 30.1 Å². The van der Waals surface area contributed by atoms with E-state index in [1.807, 2.05) is 20.8 Å². The molecule has 1 saturated carbocycles. The molecule has 0 spiro atoms. The summed E-state index contributed by atoms with van der Waals surface area (Å²) in [6.07, 6.45) is -1.35. The summed E-state index contributed by atoms with van der Waals surface area (Å²) in [5.74, 6) is 5.26. The van der Waals surface area contributed by atoms with E-state index in [9.17, 15) is 18.0 Å². The largest absolute Gasteiger partial charge is 0.484 e. The highest BCUT2D eigenvalue weighted by atomic mass is 19.4. The number of aromatic nitrogens is 1. The minimum absolute atomic E-state index is 0.0309. The first kappa shape index (κ1) is 22.9. The van der Waals surface area contributed by atoms with Crippen LogP contribution in [0.25, 0.3) is 0 Å².